The Hall–Kier alpha value is -1.09. The van der Waals surface area contributed by atoms with Gasteiger partial charge in [0.2, 0.25) is 5.91 Å². The molecule has 2 amide bonds. The molecule has 0 aromatic rings. The summed E-state index contributed by atoms with van der Waals surface area (Å²) < 4.78 is 20.9. The second kappa shape index (κ2) is 14.3. The first kappa shape index (κ1) is 22.9. The van der Waals surface area contributed by atoms with E-state index in [4.69, 9.17) is 30.5 Å². The number of rotatable bonds is 13. The van der Waals surface area contributed by atoms with Crippen LogP contribution in [0.4, 0.5) is 4.79 Å². The summed E-state index contributed by atoms with van der Waals surface area (Å²) in [4.78, 5) is 22.2. The van der Waals surface area contributed by atoms with Crippen LogP contribution in [0.1, 0.15) is 27.2 Å². The average Bonchev–Trinajstić information content (AvgIpc) is 2.49. The Morgan fingerprint density at radius 2 is 1.50 bits per heavy atom. The van der Waals surface area contributed by atoms with Crippen molar-refractivity contribution in [1.29, 1.82) is 0 Å². The summed E-state index contributed by atoms with van der Waals surface area (Å²) in [5, 5.41) is 5.13. The maximum absolute atomic E-state index is 11.4. The van der Waals surface area contributed by atoms with Gasteiger partial charge in [-0.05, 0) is 27.2 Å². The van der Waals surface area contributed by atoms with E-state index in [2.05, 4.69) is 10.6 Å². The van der Waals surface area contributed by atoms with E-state index in [0.29, 0.717) is 46.0 Å². The standard InChI is InChI=1S/C15H29ClN2O6/c1-15(2,3)24-14(20)17-5-4-6-21-7-8-22-9-10-23-12-18-13(19)11-16/h4-12H2,1-3H3,(H,17,20)(H,18,19). The van der Waals surface area contributed by atoms with E-state index >= 15 is 0 Å². The quantitative estimate of drug-likeness (QED) is 0.289. The maximum atomic E-state index is 11.4. The van der Waals surface area contributed by atoms with Gasteiger partial charge in [0.25, 0.3) is 0 Å². The van der Waals surface area contributed by atoms with Crippen molar-refractivity contribution in [3.8, 4) is 0 Å². The zero-order chi connectivity index (χ0) is 18.3. The maximum Gasteiger partial charge on any atom is 0.407 e. The molecule has 0 heterocycles. The number of alkyl carbamates (subject to hydrolysis) is 1. The highest BCUT2D eigenvalue weighted by Gasteiger charge is 2.15. The van der Waals surface area contributed by atoms with Crippen LogP contribution in [0, 0.1) is 0 Å². The van der Waals surface area contributed by atoms with Crippen molar-refractivity contribution in [2.45, 2.75) is 32.8 Å². The van der Waals surface area contributed by atoms with E-state index in [1.54, 1.807) is 0 Å². The fourth-order valence-corrected chi connectivity index (χ4v) is 1.46. The Bertz CT molecular complexity index is 349. The van der Waals surface area contributed by atoms with Crippen molar-refractivity contribution in [3.05, 3.63) is 0 Å². The summed E-state index contributed by atoms with van der Waals surface area (Å²) >= 11 is 5.30. The minimum atomic E-state index is -0.489. The number of ether oxygens (including phenoxy) is 4. The second-order valence-corrected chi connectivity index (χ2v) is 6.06. The number of amides is 2. The van der Waals surface area contributed by atoms with Gasteiger partial charge in [-0.2, -0.15) is 0 Å². The van der Waals surface area contributed by atoms with Crippen LogP contribution < -0.4 is 10.6 Å². The molecule has 0 atom stereocenters. The third-order valence-corrected chi connectivity index (χ3v) is 2.61. The average molecular weight is 369 g/mol. The summed E-state index contributed by atoms with van der Waals surface area (Å²) in [6, 6.07) is 0. The number of hydrogen-bond acceptors (Lipinski definition) is 6. The summed E-state index contributed by atoms with van der Waals surface area (Å²) in [6.07, 6.45) is 0.274. The molecule has 142 valence electrons. The number of carbonyl (C=O) groups excluding carboxylic acids is 2. The van der Waals surface area contributed by atoms with E-state index in [1.165, 1.54) is 0 Å². The molecule has 0 aromatic carbocycles. The molecule has 9 heteroatoms. The largest absolute Gasteiger partial charge is 0.444 e. The van der Waals surface area contributed by atoms with Gasteiger partial charge in [0.15, 0.2) is 0 Å². The highest BCUT2D eigenvalue weighted by molar-refractivity contribution is 6.27. The first-order valence-electron chi connectivity index (χ1n) is 7.88. The van der Waals surface area contributed by atoms with Crippen molar-refractivity contribution in [2.24, 2.45) is 0 Å². The predicted molar refractivity (Wildman–Crippen MR) is 90.2 cm³/mol. The number of nitrogens with one attached hydrogen (secondary N) is 2. The molecule has 0 aliphatic rings. The van der Waals surface area contributed by atoms with Gasteiger partial charge < -0.3 is 29.6 Å². The van der Waals surface area contributed by atoms with E-state index in [1.807, 2.05) is 20.8 Å². The molecule has 0 aliphatic heterocycles. The van der Waals surface area contributed by atoms with Crippen molar-refractivity contribution in [3.63, 3.8) is 0 Å². The van der Waals surface area contributed by atoms with Crippen molar-refractivity contribution in [2.75, 3.05) is 52.2 Å². The van der Waals surface area contributed by atoms with Gasteiger partial charge in [-0.3, -0.25) is 4.79 Å². The summed E-state index contributed by atoms with van der Waals surface area (Å²) in [7, 11) is 0. The lowest BCUT2D eigenvalue weighted by atomic mass is 10.2. The highest BCUT2D eigenvalue weighted by Crippen LogP contribution is 2.06. The molecule has 0 saturated heterocycles. The van der Waals surface area contributed by atoms with Crippen LogP contribution in [0.25, 0.3) is 0 Å². The summed E-state index contributed by atoms with van der Waals surface area (Å²) in [5.41, 5.74) is -0.489. The fourth-order valence-electron chi connectivity index (χ4n) is 1.37. The zero-order valence-corrected chi connectivity index (χ0v) is 15.4. The molecule has 8 nitrogen and oxygen atoms in total. The van der Waals surface area contributed by atoms with Crippen LogP contribution in [0.2, 0.25) is 0 Å². The van der Waals surface area contributed by atoms with Crippen LogP contribution in [0.3, 0.4) is 0 Å². The van der Waals surface area contributed by atoms with Gasteiger partial charge in [0.1, 0.15) is 18.2 Å². The molecule has 0 unspecified atom stereocenters. The fraction of sp³-hybridized carbons (Fsp3) is 0.867. The lowest BCUT2D eigenvalue weighted by molar-refractivity contribution is -0.120. The third kappa shape index (κ3) is 17.3. The first-order chi connectivity index (χ1) is 11.3. The molecule has 0 saturated carbocycles. The molecule has 0 aromatic heterocycles. The van der Waals surface area contributed by atoms with Gasteiger partial charge in [0.05, 0.1) is 26.4 Å². The summed E-state index contributed by atoms with van der Waals surface area (Å²) in [5.74, 6) is -0.350. The Morgan fingerprint density at radius 1 is 0.917 bits per heavy atom. The molecule has 0 radical (unpaired) electrons. The van der Waals surface area contributed by atoms with Crippen molar-refractivity contribution >= 4 is 23.6 Å². The minimum absolute atomic E-state index is 0.0789. The van der Waals surface area contributed by atoms with E-state index in [0.717, 1.165) is 0 Å². The number of alkyl halides is 1. The molecular formula is C15H29ClN2O6. The van der Waals surface area contributed by atoms with Crippen LogP contribution in [0.15, 0.2) is 0 Å². The van der Waals surface area contributed by atoms with Gasteiger partial charge in [-0.15, -0.1) is 11.6 Å². The summed E-state index contributed by atoms with van der Waals surface area (Å²) in [6.45, 7) is 8.31. The normalized spacial score (nSPS) is 11.2. The molecule has 0 bridgehead atoms. The Labute approximate surface area is 148 Å². The topological polar surface area (TPSA) is 95.1 Å². The molecular weight excluding hydrogens is 340 g/mol. The van der Waals surface area contributed by atoms with Crippen LogP contribution in [-0.2, 0) is 23.7 Å². The van der Waals surface area contributed by atoms with E-state index in [9.17, 15) is 9.59 Å². The SMILES string of the molecule is CC(C)(C)OC(=O)NCCCOCCOCCOCNC(=O)CCl. The minimum Gasteiger partial charge on any atom is -0.444 e. The number of carbonyl (C=O) groups is 2. The van der Waals surface area contributed by atoms with Gasteiger partial charge in [0, 0.05) is 13.2 Å². The van der Waals surface area contributed by atoms with Gasteiger partial charge in [-0.1, -0.05) is 0 Å². The monoisotopic (exact) mass is 368 g/mol. The third-order valence-electron chi connectivity index (χ3n) is 2.37. The first-order valence-corrected chi connectivity index (χ1v) is 8.41. The molecule has 0 aliphatic carbocycles. The Kier molecular flexibility index (Phi) is 13.6. The van der Waals surface area contributed by atoms with Crippen LogP contribution in [-0.4, -0.2) is 69.8 Å². The second-order valence-electron chi connectivity index (χ2n) is 5.79. The zero-order valence-electron chi connectivity index (χ0n) is 14.7. The van der Waals surface area contributed by atoms with Crippen LogP contribution >= 0.6 is 11.6 Å². The Balaban J connectivity index is 3.20. The molecule has 2 N–H and O–H groups in total. The van der Waals surface area contributed by atoms with Gasteiger partial charge >= 0.3 is 6.09 Å². The number of hydrogen-bond donors (Lipinski definition) is 2. The van der Waals surface area contributed by atoms with Gasteiger partial charge in [-0.25, -0.2) is 4.79 Å². The molecule has 0 rings (SSSR count). The predicted octanol–water partition coefficient (Wildman–Crippen LogP) is 1.26. The molecule has 24 heavy (non-hydrogen) atoms. The lowest BCUT2D eigenvalue weighted by Gasteiger charge is -2.19. The highest BCUT2D eigenvalue weighted by atomic mass is 35.5. The van der Waals surface area contributed by atoms with Crippen LogP contribution in [0.5, 0.6) is 0 Å². The smallest absolute Gasteiger partial charge is 0.407 e. The Morgan fingerprint density at radius 3 is 2.08 bits per heavy atom. The van der Waals surface area contributed by atoms with E-state index in [-0.39, 0.29) is 18.5 Å². The lowest BCUT2D eigenvalue weighted by Crippen LogP contribution is -2.33. The van der Waals surface area contributed by atoms with Crippen molar-refractivity contribution < 1.29 is 28.5 Å². The molecule has 0 fully saturated rings. The van der Waals surface area contributed by atoms with Crippen molar-refractivity contribution in [1.82, 2.24) is 10.6 Å². The van der Waals surface area contributed by atoms with E-state index < -0.39 is 11.7 Å². The number of halogens is 1. The molecule has 0 spiro atoms.